The number of carbonyl (C=O) groups excluding carboxylic acids is 3. The van der Waals surface area contributed by atoms with E-state index >= 15 is 0 Å². The normalized spacial score (nSPS) is 18.8. The Morgan fingerprint density at radius 1 is 0.410 bits per heavy atom. The zero-order chi connectivity index (χ0) is 84.6. The molecule has 0 saturated carbocycles. The van der Waals surface area contributed by atoms with Gasteiger partial charge in [0.05, 0.1) is 62.0 Å². The molecule has 10 aliphatic heterocycles. The Bertz CT molecular complexity index is 6170. The van der Waals surface area contributed by atoms with Gasteiger partial charge in [-0.1, -0.05) is 144 Å². The maximum atomic E-state index is 11.6. The van der Waals surface area contributed by atoms with Gasteiger partial charge in [0.2, 0.25) is 60.1 Å². The number of rotatable bonds is 2. The second-order valence-electron chi connectivity index (χ2n) is 27.8. The monoisotopic (exact) mass is 1770 g/mol. The Kier molecular flexibility index (Phi) is 27.4. The van der Waals surface area contributed by atoms with E-state index in [2.05, 4.69) is 97.7 Å². The van der Waals surface area contributed by atoms with Crippen molar-refractivity contribution in [1.29, 1.82) is 0 Å². The second-order valence-corrected chi connectivity index (χ2v) is 39.2. The highest BCUT2D eigenvalue weighted by atomic mass is 35.5. The van der Waals surface area contributed by atoms with Crippen LogP contribution >= 0.6 is 34.8 Å². The van der Waals surface area contributed by atoms with Crippen molar-refractivity contribution < 1.29 is 74.4 Å². The number of nitrogens with one attached hydrogen (secondary N) is 10. The van der Waals surface area contributed by atoms with Gasteiger partial charge in [0.1, 0.15) is 27.1 Å². The standard InChI is InChI=1S/C10H13N.C9H11NO2S.C9H9NO2.C8H8ClNO3S.C8H9NO2S.2C7H6ClNO2S.2C7H6N2O.C7H7NO2S/c1-10(2)9-6-4-3-5-8(9)7-11-10;1-9(2)7-5-3-4-6-8(7)13(11,12)10-9;1-12-7-3-2-6-5-10-9(11)8(6)4-7;1-13-6-3-2-5-4-10-14(11,12)8(5)7(6)9;1-6-7-4-2-3-5-8(7)12(10,11)9-6;8-6-2-1-5-4-9-12(10,11)7(5)3-6;8-6-2-1-3-7-5(6)4-9-12(7,10)11;10-7-5-2-1-3-8-6(5)4-9-7;10-7-6-5(4-9-7)2-1-3-8-6;9-11(10)7-4-2-1-3-6(7)5-8-11/h3-6,11H,7H2,1-2H3;3-6,10H,1-2H3;2-4H,5H2,1H3,(H,10,11);2-3,10H,4H2,1H3;2-6,9H,1H3;2*1-3,9H,4H2;2*1-3H,4H2,(H,9,10);1-4,8H,5H2. The van der Waals surface area contributed by atoms with Crippen molar-refractivity contribution >= 4 is 113 Å². The van der Waals surface area contributed by atoms with Gasteiger partial charge >= 0.3 is 0 Å². The number of pyridine rings is 2. The summed E-state index contributed by atoms with van der Waals surface area (Å²) in [7, 11) is -16.5. The molecule has 616 valence electrons. The first kappa shape index (κ1) is 88.2. The third-order valence-electron chi connectivity index (χ3n) is 19.1. The van der Waals surface area contributed by atoms with Gasteiger partial charge in [0, 0.05) is 96.5 Å². The Morgan fingerprint density at radius 2 is 0.949 bits per heavy atom. The zero-order valence-electron chi connectivity index (χ0n) is 63.7. The highest BCUT2D eigenvalue weighted by Gasteiger charge is 2.40. The average molecular weight is 1770 g/mol. The maximum Gasteiger partial charge on any atom is 0.270 e. The molecule has 10 aliphatic rings. The highest BCUT2D eigenvalue weighted by molar-refractivity contribution is 7.91. The van der Waals surface area contributed by atoms with E-state index in [1.165, 1.54) is 24.3 Å². The molecule has 0 aliphatic carbocycles. The first-order chi connectivity index (χ1) is 55.3. The van der Waals surface area contributed by atoms with E-state index in [4.69, 9.17) is 44.3 Å². The van der Waals surface area contributed by atoms with E-state index < -0.39 is 65.7 Å². The third kappa shape index (κ3) is 20.6. The number of methoxy groups -OCH3 is 2. The molecular weight excluding hydrogens is 1690 g/mol. The third-order valence-corrected chi connectivity index (χ3v) is 29.5. The molecule has 2 aromatic heterocycles. The van der Waals surface area contributed by atoms with Gasteiger partial charge in [0.25, 0.3) is 17.7 Å². The molecule has 29 nitrogen and oxygen atoms in total. The van der Waals surface area contributed by atoms with E-state index in [0.29, 0.717) is 108 Å². The van der Waals surface area contributed by atoms with Crippen LogP contribution in [0.25, 0.3) is 0 Å². The van der Waals surface area contributed by atoms with Crippen LogP contribution in [-0.2, 0) is 124 Å². The number of hydrogen-bond acceptors (Lipinski definition) is 20. The molecule has 1 unspecified atom stereocenters. The van der Waals surface area contributed by atoms with Gasteiger partial charge in [-0.2, -0.15) is 0 Å². The minimum absolute atomic E-state index is 0.0103. The van der Waals surface area contributed by atoms with E-state index in [0.717, 1.165) is 56.9 Å². The van der Waals surface area contributed by atoms with Crippen molar-refractivity contribution in [3.63, 3.8) is 0 Å². The molecule has 0 bridgehead atoms. The lowest BCUT2D eigenvalue weighted by molar-refractivity contribution is 0.0954. The van der Waals surface area contributed by atoms with Crippen LogP contribution in [0.1, 0.15) is 133 Å². The summed E-state index contributed by atoms with van der Waals surface area (Å²) in [6.45, 7) is 14.2. The molecule has 0 spiro atoms. The van der Waals surface area contributed by atoms with Crippen LogP contribution in [0.15, 0.2) is 230 Å². The molecule has 0 fully saturated rings. The fraction of sp³-hybridized carbons (Fsp3) is 0.228. The van der Waals surface area contributed by atoms with Crippen molar-refractivity contribution in [2.24, 2.45) is 0 Å². The summed E-state index contributed by atoms with van der Waals surface area (Å²) < 4.78 is 161. The van der Waals surface area contributed by atoms with Crippen LogP contribution in [0, 0.1) is 0 Å². The van der Waals surface area contributed by atoms with Gasteiger partial charge in [0.15, 0.2) is 0 Å². The van der Waals surface area contributed by atoms with Crippen molar-refractivity contribution in [3.8, 4) is 11.5 Å². The molecule has 0 radical (unpaired) electrons. The molecule has 38 heteroatoms. The summed E-state index contributed by atoms with van der Waals surface area (Å²) in [4.78, 5) is 42.9. The summed E-state index contributed by atoms with van der Waals surface area (Å²) in [5.41, 5.74) is 12.2. The second kappa shape index (κ2) is 36.3. The minimum Gasteiger partial charge on any atom is -0.497 e. The molecule has 8 aromatic carbocycles. The lowest BCUT2D eigenvalue weighted by Gasteiger charge is -2.19. The predicted octanol–water partition coefficient (Wildman–Crippen LogP) is 9.75. The molecule has 117 heavy (non-hydrogen) atoms. The van der Waals surface area contributed by atoms with E-state index in [1.807, 2.05) is 81.4 Å². The van der Waals surface area contributed by atoms with Gasteiger partial charge in [-0.3, -0.25) is 24.4 Å². The first-order valence-corrected chi connectivity index (χ1v) is 45.8. The molecule has 0 saturated heterocycles. The van der Waals surface area contributed by atoms with Crippen LogP contribution in [0.5, 0.6) is 11.5 Å². The average Bonchev–Trinajstić information content (AvgIpc) is 1.61. The van der Waals surface area contributed by atoms with Gasteiger partial charge in [-0.25, -0.2) is 78.8 Å². The van der Waals surface area contributed by atoms with Crippen molar-refractivity contribution in [3.05, 3.63) is 294 Å². The summed E-state index contributed by atoms with van der Waals surface area (Å²) >= 11 is 17.3. The maximum absolute atomic E-state index is 11.6. The van der Waals surface area contributed by atoms with E-state index in [1.54, 1.807) is 117 Å². The SMILES string of the molecule is CC1(C)NCc2ccccc21.CC1(C)NS(=O)(=O)c2ccccc21.CC1NS(=O)(=O)c2ccccc21.COc1ccc2c(c1)C(=O)NC2.COc1ccc2c(c1Cl)S(=O)(=O)NC2.O=C1NCc2cccnc21.O=C1NCc2ncccc21.O=S1(=O)NCc2c(Cl)cccc21.O=S1(=O)NCc2ccc(Cl)cc21.O=S1(=O)NCc2ccccc21. The molecule has 10 aromatic rings. The van der Waals surface area contributed by atoms with Crippen LogP contribution in [0.3, 0.4) is 0 Å². The van der Waals surface area contributed by atoms with Crippen LogP contribution in [0.2, 0.25) is 15.1 Å². The topological polar surface area (TPSA) is 421 Å². The molecular formula is C79H81Cl3N12O17S6. The molecule has 1 atom stereocenters. The summed E-state index contributed by atoms with van der Waals surface area (Å²) in [5.74, 6) is 1.02. The number of fused-ring (bicyclic) bond motifs is 10. The van der Waals surface area contributed by atoms with Gasteiger partial charge in [-0.05, 0) is 158 Å². The fourth-order valence-electron chi connectivity index (χ4n) is 13.2. The lowest BCUT2D eigenvalue weighted by atomic mass is 9.95. The summed E-state index contributed by atoms with van der Waals surface area (Å²) in [6.07, 6.45) is 3.32. The number of nitrogens with zero attached hydrogens (tertiary/aromatic N) is 2. The van der Waals surface area contributed by atoms with Gasteiger partial charge < -0.3 is 30.7 Å². The van der Waals surface area contributed by atoms with Crippen LogP contribution in [-0.4, -0.2) is 92.4 Å². The Morgan fingerprint density at radius 3 is 1.61 bits per heavy atom. The zero-order valence-corrected chi connectivity index (χ0v) is 70.9. The Labute approximate surface area is 694 Å². The first-order valence-electron chi connectivity index (χ1n) is 35.7. The number of carbonyl (C=O) groups is 3. The van der Waals surface area contributed by atoms with Crippen molar-refractivity contribution in [1.82, 2.24) is 59.6 Å². The number of hydrogen-bond donors (Lipinski definition) is 10. The molecule has 12 heterocycles. The lowest BCUT2D eigenvalue weighted by Crippen LogP contribution is -2.32. The number of aromatic nitrogens is 2. The number of benzene rings is 8. The number of ether oxygens (including phenoxy) is 2. The Hall–Kier alpha value is -9.64. The van der Waals surface area contributed by atoms with Crippen LogP contribution < -0.4 is 59.1 Å². The van der Waals surface area contributed by atoms with E-state index in [9.17, 15) is 64.9 Å². The fourth-order valence-corrected chi connectivity index (χ4v) is 22.6. The molecule has 3 amide bonds. The van der Waals surface area contributed by atoms with Crippen molar-refractivity contribution in [2.75, 3.05) is 14.2 Å². The van der Waals surface area contributed by atoms with E-state index in [-0.39, 0.29) is 39.2 Å². The highest BCUT2D eigenvalue weighted by Crippen LogP contribution is 2.38. The summed E-state index contributed by atoms with van der Waals surface area (Å²) in [5, 5.41) is 12.7. The van der Waals surface area contributed by atoms with Crippen LogP contribution in [0.4, 0.5) is 0 Å². The minimum atomic E-state index is -3.43. The quantitative estimate of drug-likeness (QED) is 0.0769. The number of amides is 3. The Balaban J connectivity index is 0.000000128. The predicted molar refractivity (Wildman–Crippen MR) is 440 cm³/mol. The molecule has 10 N–H and O–H groups in total. The summed E-state index contributed by atoms with van der Waals surface area (Å²) in [6, 6.07) is 55.5. The number of halogens is 3. The molecule has 20 rings (SSSR count). The van der Waals surface area contributed by atoms with Crippen molar-refractivity contribution in [2.45, 2.75) is 133 Å². The smallest absolute Gasteiger partial charge is 0.270 e. The number of sulfonamides is 6. The van der Waals surface area contributed by atoms with Gasteiger partial charge in [-0.15, -0.1) is 0 Å². The largest absolute Gasteiger partial charge is 0.497 e.